The van der Waals surface area contributed by atoms with Gasteiger partial charge in [-0.1, -0.05) is 0 Å². The lowest BCUT2D eigenvalue weighted by atomic mass is 10.1. The number of aryl methyl sites for hydroxylation is 1. The molecule has 0 aliphatic rings. The van der Waals surface area contributed by atoms with Crippen molar-refractivity contribution < 1.29 is 14.3 Å². The number of nitrogens with zero attached hydrogens (tertiary/aromatic N) is 1. The highest BCUT2D eigenvalue weighted by atomic mass is 32.1. The van der Waals surface area contributed by atoms with Crippen molar-refractivity contribution in [2.45, 2.75) is 13.8 Å². The predicted octanol–water partition coefficient (Wildman–Crippen LogP) is 2.59. The molecule has 0 radical (unpaired) electrons. The van der Waals surface area contributed by atoms with Crippen molar-refractivity contribution in [2.24, 2.45) is 0 Å². The lowest BCUT2D eigenvalue weighted by molar-refractivity contribution is 0.0600. The Morgan fingerprint density at radius 1 is 1.35 bits per heavy atom. The second-order valence-corrected chi connectivity index (χ2v) is 4.74. The fourth-order valence-electron chi connectivity index (χ4n) is 1.58. The zero-order chi connectivity index (χ0) is 12.6. The van der Waals surface area contributed by atoms with E-state index in [2.05, 4.69) is 9.72 Å². The number of aromatic nitrogens is 1. The van der Waals surface area contributed by atoms with Gasteiger partial charge in [-0.15, -0.1) is 11.3 Å². The largest absolute Gasteiger partial charge is 0.465 e. The van der Waals surface area contributed by atoms with Gasteiger partial charge in [0.1, 0.15) is 0 Å². The summed E-state index contributed by atoms with van der Waals surface area (Å²) in [5, 5.41) is 0.463. The first-order valence-corrected chi connectivity index (χ1v) is 5.85. The normalized spacial score (nSPS) is 10.5. The average molecular weight is 249 g/mol. The SMILES string of the molecule is COC(=O)c1cc(C)c2nc(C(C)=O)sc2c1. The molecule has 1 aromatic carbocycles. The molecule has 5 heteroatoms. The molecule has 0 saturated carbocycles. The fraction of sp³-hybridized carbons (Fsp3) is 0.250. The molecule has 0 amide bonds. The third kappa shape index (κ3) is 2.06. The summed E-state index contributed by atoms with van der Waals surface area (Å²) in [7, 11) is 1.34. The van der Waals surface area contributed by atoms with Crippen molar-refractivity contribution in [1.82, 2.24) is 4.98 Å². The second-order valence-electron chi connectivity index (χ2n) is 3.71. The van der Waals surface area contributed by atoms with Crippen molar-refractivity contribution in [3.05, 3.63) is 28.3 Å². The summed E-state index contributed by atoms with van der Waals surface area (Å²) in [5.74, 6) is -0.446. The maximum absolute atomic E-state index is 11.4. The van der Waals surface area contributed by atoms with Crippen LogP contribution in [0.4, 0.5) is 0 Å². The molecule has 1 aromatic heterocycles. The first kappa shape index (κ1) is 11.7. The molecule has 0 aliphatic heterocycles. The number of esters is 1. The molecule has 17 heavy (non-hydrogen) atoms. The minimum atomic E-state index is -0.382. The van der Waals surface area contributed by atoms with Gasteiger partial charge in [0, 0.05) is 6.92 Å². The molecule has 4 nitrogen and oxygen atoms in total. The van der Waals surface area contributed by atoms with E-state index in [0.29, 0.717) is 10.6 Å². The van der Waals surface area contributed by atoms with Crippen LogP contribution in [0.1, 0.15) is 32.6 Å². The van der Waals surface area contributed by atoms with Gasteiger partial charge in [-0.25, -0.2) is 9.78 Å². The van der Waals surface area contributed by atoms with Gasteiger partial charge in [0.05, 0.1) is 22.9 Å². The number of methoxy groups -OCH3 is 1. The number of rotatable bonds is 2. The Morgan fingerprint density at radius 3 is 2.65 bits per heavy atom. The number of ketones is 1. The summed E-state index contributed by atoms with van der Waals surface area (Å²) in [4.78, 5) is 27.0. The van der Waals surface area contributed by atoms with Crippen LogP contribution in [-0.4, -0.2) is 23.8 Å². The smallest absolute Gasteiger partial charge is 0.337 e. The quantitative estimate of drug-likeness (QED) is 0.606. The minimum Gasteiger partial charge on any atom is -0.465 e. The molecule has 0 fully saturated rings. The molecule has 88 valence electrons. The van der Waals surface area contributed by atoms with Crippen LogP contribution in [0.25, 0.3) is 10.2 Å². The lowest BCUT2D eigenvalue weighted by Crippen LogP contribution is -2.01. The monoisotopic (exact) mass is 249 g/mol. The average Bonchev–Trinajstić information content (AvgIpc) is 2.72. The summed E-state index contributed by atoms with van der Waals surface area (Å²) in [6, 6.07) is 3.43. The van der Waals surface area contributed by atoms with Crippen LogP contribution in [0.5, 0.6) is 0 Å². The van der Waals surface area contributed by atoms with Gasteiger partial charge in [-0.3, -0.25) is 4.79 Å². The zero-order valence-electron chi connectivity index (χ0n) is 9.73. The van der Waals surface area contributed by atoms with Gasteiger partial charge in [-0.2, -0.15) is 0 Å². The first-order chi connectivity index (χ1) is 8.02. The summed E-state index contributed by atoms with van der Waals surface area (Å²) < 4.78 is 5.50. The van der Waals surface area contributed by atoms with Crippen LogP contribution in [0.2, 0.25) is 0 Å². The first-order valence-electron chi connectivity index (χ1n) is 5.03. The van der Waals surface area contributed by atoms with Crippen LogP contribution in [-0.2, 0) is 4.74 Å². The number of carbonyl (C=O) groups excluding carboxylic acids is 2. The highest BCUT2D eigenvalue weighted by Gasteiger charge is 2.13. The number of hydrogen-bond acceptors (Lipinski definition) is 5. The molecule has 0 atom stereocenters. The third-order valence-corrected chi connectivity index (χ3v) is 3.51. The fourth-order valence-corrected chi connectivity index (χ4v) is 2.56. The predicted molar refractivity (Wildman–Crippen MR) is 65.7 cm³/mol. The Labute approximate surface area is 102 Å². The van der Waals surface area contributed by atoms with Crippen LogP contribution in [0, 0.1) is 6.92 Å². The maximum Gasteiger partial charge on any atom is 0.337 e. The van der Waals surface area contributed by atoms with Gasteiger partial charge < -0.3 is 4.74 Å². The van der Waals surface area contributed by atoms with E-state index in [4.69, 9.17) is 0 Å². The number of fused-ring (bicyclic) bond motifs is 1. The van der Waals surface area contributed by atoms with Crippen LogP contribution in [0.15, 0.2) is 12.1 Å². The third-order valence-electron chi connectivity index (χ3n) is 2.41. The van der Waals surface area contributed by atoms with Crippen molar-refractivity contribution in [3.8, 4) is 0 Å². The van der Waals surface area contributed by atoms with Gasteiger partial charge in [-0.05, 0) is 24.6 Å². The van der Waals surface area contributed by atoms with Gasteiger partial charge in [0.15, 0.2) is 10.8 Å². The second kappa shape index (κ2) is 4.25. The molecule has 0 bridgehead atoms. The Bertz CT molecular complexity index is 615. The van der Waals surface area contributed by atoms with E-state index in [1.54, 1.807) is 12.1 Å². The Hall–Kier alpha value is -1.75. The minimum absolute atomic E-state index is 0.0646. The Balaban J connectivity index is 2.65. The molecular formula is C12H11NO3S. The molecule has 0 spiro atoms. The lowest BCUT2D eigenvalue weighted by Gasteiger charge is -2.00. The number of carbonyl (C=O) groups is 2. The van der Waals surface area contributed by atoms with E-state index in [-0.39, 0.29) is 11.8 Å². The van der Waals surface area contributed by atoms with E-state index in [1.807, 2.05) is 6.92 Å². The molecule has 2 rings (SSSR count). The standard InChI is InChI=1S/C12H11NO3S/c1-6-4-8(12(15)16-3)5-9-10(6)13-11(17-9)7(2)14/h4-5H,1-3H3. The molecule has 0 N–H and O–H groups in total. The number of ether oxygens (including phenoxy) is 1. The van der Waals surface area contributed by atoms with Crippen LogP contribution < -0.4 is 0 Å². The van der Waals surface area contributed by atoms with Gasteiger partial charge in [0.2, 0.25) is 0 Å². The molecule has 2 aromatic rings. The molecule has 0 unspecified atom stereocenters. The van der Waals surface area contributed by atoms with E-state index in [1.165, 1.54) is 25.4 Å². The summed E-state index contributed by atoms with van der Waals surface area (Å²) >= 11 is 1.29. The topological polar surface area (TPSA) is 56.3 Å². The molecule has 0 saturated heterocycles. The van der Waals surface area contributed by atoms with E-state index in [9.17, 15) is 9.59 Å². The van der Waals surface area contributed by atoms with Crippen LogP contribution >= 0.6 is 11.3 Å². The van der Waals surface area contributed by atoms with Crippen molar-refractivity contribution in [3.63, 3.8) is 0 Å². The van der Waals surface area contributed by atoms with Gasteiger partial charge >= 0.3 is 5.97 Å². The molecule has 1 heterocycles. The van der Waals surface area contributed by atoms with Gasteiger partial charge in [0.25, 0.3) is 0 Å². The molecular weight excluding hydrogens is 238 g/mol. The number of thiazole rings is 1. The summed E-state index contributed by atoms with van der Waals surface area (Å²) in [5.41, 5.74) is 2.12. The Morgan fingerprint density at radius 2 is 2.06 bits per heavy atom. The zero-order valence-corrected chi connectivity index (χ0v) is 10.6. The van der Waals surface area contributed by atoms with E-state index in [0.717, 1.165) is 15.8 Å². The number of benzene rings is 1. The maximum atomic E-state index is 11.4. The van der Waals surface area contributed by atoms with E-state index < -0.39 is 0 Å². The highest BCUT2D eigenvalue weighted by molar-refractivity contribution is 7.20. The van der Waals surface area contributed by atoms with Crippen LogP contribution in [0.3, 0.4) is 0 Å². The Kier molecular flexibility index (Phi) is 2.93. The molecule has 0 aliphatic carbocycles. The summed E-state index contributed by atoms with van der Waals surface area (Å²) in [6.45, 7) is 3.34. The van der Waals surface area contributed by atoms with E-state index >= 15 is 0 Å². The van der Waals surface area contributed by atoms with Crippen molar-refractivity contribution >= 4 is 33.3 Å². The number of hydrogen-bond donors (Lipinski definition) is 0. The number of Topliss-reactive ketones (excluding diaryl/α,β-unsaturated/α-hetero) is 1. The summed E-state index contributed by atoms with van der Waals surface area (Å²) in [6.07, 6.45) is 0. The van der Waals surface area contributed by atoms with Crippen molar-refractivity contribution in [1.29, 1.82) is 0 Å². The van der Waals surface area contributed by atoms with Crippen molar-refractivity contribution in [2.75, 3.05) is 7.11 Å². The highest BCUT2D eigenvalue weighted by Crippen LogP contribution is 2.26.